The molecule has 1 aromatic heterocycles. The van der Waals surface area contributed by atoms with Crippen molar-refractivity contribution < 1.29 is 4.79 Å². The van der Waals surface area contributed by atoms with Crippen LogP contribution in [0.2, 0.25) is 5.02 Å². The molecule has 6 nitrogen and oxygen atoms in total. The number of rotatable bonds is 3. The van der Waals surface area contributed by atoms with Crippen molar-refractivity contribution in [2.45, 2.75) is 13.5 Å². The summed E-state index contributed by atoms with van der Waals surface area (Å²) in [6, 6.07) is 8.75. The van der Waals surface area contributed by atoms with Crippen molar-refractivity contribution in [2.75, 3.05) is 5.32 Å². The van der Waals surface area contributed by atoms with Crippen LogP contribution in [-0.4, -0.2) is 20.9 Å². The Kier molecular flexibility index (Phi) is 3.78. The van der Waals surface area contributed by atoms with E-state index in [9.17, 15) is 4.79 Å². The molecule has 0 fully saturated rings. The van der Waals surface area contributed by atoms with Gasteiger partial charge in [-0.1, -0.05) is 22.9 Å². The number of nitriles is 1. The van der Waals surface area contributed by atoms with E-state index in [0.717, 1.165) is 0 Å². The SMILES string of the molecule is Cc1c(C#N)nnn1CC(=O)Nc1cccc(Cl)c1. The number of carbonyl (C=O) groups excluding carboxylic acids is 1. The van der Waals surface area contributed by atoms with Crippen LogP contribution in [0.15, 0.2) is 24.3 Å². The largest absolute Gasteiger partial charge is 0.324 e. The van der Waals surface area contributed by atoms with Crippen LogP contribution >= 0.6 is 11.6 Å². The predicted octanol–water partition coefficient (Wildman–Crippen LogP) is 1.75. The fourth-order valence-corrected chi connectivity index (χ4v) is 1.71. The van der Waals surface area contributed by atoms with Crippen LogP contribution in [0.4, 0.5) is 5.69 Å². The van der Waals surface area contributed by atoms with E-state index >= 15 is 0 Å². The van der Waals surface area contributed by atoms with E-state index < -0.39 is 0 Å². The van der Waals surface area contributed by atoms with Gasteiger partial charge >= 0.3 is 0 Å². The van der Waals surface area contributed by atoms with Gasteiger partial charge < -0.3 is 5.32 Å². The highest BCUT2D eigenvalue weighted by Gasteiger charge is 2.11. The number of nitrogens with zero attached hydrogens (tertiary/aromatic N) is 4. The summed E-state index contributed by atoms with van der Waals surface area (Å²) in [6.07, 6.45) is 0. The van der Waals surface area contributed by atoms with E-state index in [4.69, 9.17) is 16.9 Å². The number of anilines is 1. The summed E-state index contributed by atoms with van der Waals surface area (Å²) >= 11 is 5.82. The van der Waals surface area contributed by atoms with Crippen molar-refractivity contribution in [3.8, 4) is 6.07 Å². The van der Waals surface area contributed by atoms with Gasteiger partial charge in [-0.25, -0.2) is 4.68 Å². The van der Waals surface area contributed by atoms with Crippen molar-refractivity contribution in [2.24, 2.45) is 0 Å². The molecule has 0 aliphatic carbocycles. The van der Waals surface area contributed by atoms with Gasteiger partial charge in [-0.2, -0.15) is 5.26 Å². The molecule has 0 atom stereocenters. The maximum absolute atomic E-state index is 11.8. The Hall–Kier alpha value is -2.39. The summed E-state index contributed by atoms with van der Waals surface area (Å²) < 4.78 is 1.37. The van der Waals surface area contributed by atoms with E-state index in [0.29, 0.717) is 16.4 Å². The molecular formula is C12H10ClN5O. The highest BCUT2D eigenvalue weighted by Crippen LogP contribution is 2.14. The minimum atomic E-state index is -0.264. The van der Waals surface area contributed by atoms with E-state index in [2.05, 4.69) is 15.6 Å². The van der Waals surface area contributed by atoms with E-state index in [1.807, 2.05) is 6.07 Å². The smallest absolute Gasteiger partial charge is 0.246 e. The third-order valence-corrected chi connectivity index (χ3v) is 2.73. The van der Waals surface area contributed by atoms with Gasteiger partial charge in [0.2, 0.25) is 5.91 Å². The molecule has 19 heavy (non-hydrogen) atoms. The predicted molar refractivity (Wildman–Crippen MR) is 69.6 cm³/mol. The second-order valence-corrected chi connectivity index (χ2v) is 4.29. The first kappa shape index (κ1) is 13.1. The second-order valence-electron chi connectivity index (χ2n) is 3.85. The Morgan fingerprint density at radius 2 is 2.37 bits per heavy atom. The lowest BCUT2D eigenvalue weighted by molar-refractivity contribution is -0.117. The molecule has 0 radical (unpaired) electrons. The topological polar surface area (TPSA) is 83.6 Å². The minimum Gasteiger partial charge on any atom is -0.324 e. The van der Waals surface area contributed by atoms with E-state index in [1.54, 1.807) is 31.2 Å². The van der Waals surface area contributed by atoms with Crippen molar-refractivity contribution in [1.29, 1.82) is 5.26 Å². The number of amides is 1. The maximum atomic E-state index is 11.8. The zero-order valence-electron chi connectivity index (χ0n) is 10.1. The fraction of sp³-hybridized carbons (Fsp3) is 0.167. The third-order valence-electron chi connectivity index (χ3n) is 2.49. The van der Waals surface area contributed by atoms with Gasteiger partial charge in [0.1, 0.15) is 12.6 Å². The van der Waals surface area contributed by atoms with E-state index in [1.165, 1.54) is 4.68 Å². The third kappa shape index (κ3) is 3.09. The second kappa shape index (κ2) is 5.50. The molecule has 0 spiro atoms. The quantitative estimate of drug-likeness (QED) is 0.925. The fourth-order valence-electron chi connectivity index (χ4n) is 1.52. The van der Waals surface area contributed by atoms with Crippen LogP contribution in [0, 0.1) is 18.3 Å². The van der Waals surface area contributed by atoms with Gasteiger partial charge in [0.05, 0.1) is 5.69 Å². The average Bonchev–Trinajstić information content (AvgIpc) is 2.70. The van der Waals surface area contributed by atoms with Gasteiger partial charge in [0, 0.05) is 10.7 Å². The molecule has 96 valence electrons. The summed E-state index contributed by atoms with van der Waals surface area (Å²) in [7, 11) is 0. The first-order valence-corrected chi connectivity index (χ1v) is 5.83. The number of nitrogens with one attached hydrogen (secondary N) is 1. The monoisotopic (exact) mass is 275 g/mol. The van der Waals surface area contributed by atoms with Crippen LogP contribution in [0.3, 0.4) is 0 Å². The molecule has 7 heteroatoms. The number of hydrogen-bond donors (Lipinski definition) is 1. The van der Waals surface area contributed by atoms with Crippen molar-refractivity contribution >= 4 is 23.2 Å². The number of aromatic nitrogens is 3. The number of hydrogen-bond acceptors (Lipinski definition) is 4. The summed E-state index contributed by atoms with van der Waals surface area (Å²) in [4.78, 5) is 11.8. The van der Waals surface area contributed by atoms with Crippen molar-refractivity contribution in [3.63, 3.8) is 0 Å². The molecule has 0 bridgehead atoms. The molecule has 0 aliphatic rings. The minimum absolute atomic E-state index is 0.00692. The lowest BCUT2D eigenvalue weighted by atomic mass is 10.3. The number of halogens is 1. The summed E-state index contributed by atoms with van der Waals surface area (Å²) in [6.45, 7) is 1.68. The Morgan fingerprint density at radius 1 is 1.58 bits per heavy atom. The molecule has 0 saturated carbocycles. The normalized spacial score (nSPS) is 9.95. The first-order chi connectivity index (χ1) is 9.10. The molecule has 0 unspecified atom stereocenters. The van der Waals surface area contributed by atoms with E-state index in [-0.39, 0.29) is 18.1 Å². The Morgan fingerprint density at radius 3 is 3.00 bits per heavy atom. The molecule has 1 N–H and O–H groups in total. The number of carbonyl (C=O) groups is 1. The molecule has 2 aromatic rings. The molecule has 0 aliphatic heterocycles. The number of benzene rings is 1. The van der Waals surface area contributed by atoms with Crippen molar-refractivity contribution in [3.05, 3.63) is 40.7 Å². The first-order valence-electron chi connectivity index (χ1n) is 5.46. The molecule has 1 amide bonds. The van der Waals surface area contributed by atoms with Crippen molar-refractivity contribution in [1.82, 2.24) is 15.0 Å². The van der Waals surface area contributed by atoms with Gasteiger partial charge in [-0.15, -0.1) is 5.10 Å². The lowest BCUT2D eigenvalue weighted by Gasteiger charge is -2.06. The molecule has 1 aromatic carbocycles. The zero-order valence-corrected chi connectivity index (χ0v) is 10.8. The summed E-state index contributed by atoms with van der Waals surface area (Å²) in [5.74, 6) is -0.264. The van der Waals surface area contributed by atoms with Crippen LogP contribution in [0.1, 0.15) is 11.4 Å². The molecule has 0 saturated heterocycles. The molecule has 2 rings (SSSR count). The van der Waals surface area contributed by atoms with Crippen LogP contribution < -0.4 is 5.32 Å². The van der Waals surface area contributed by atoms with Gasteiger partial charge in [-0.05, 0) is 25.1 Å². The van der Waals surface area contributed by atoms with Crippen LogP contribution in [-0.2, 0) is 11.3 Å². The average molecular weight is 276 g/mol. The summed E-state index contributed by atoms with van der Waals surface area (Å²) in [5.41, 5.74) is 1.38. The van der Waals surface area contributed by atoms with Crippen LogP contribution in [0.25, 0.3) is 0 Å². The van der Waals surface area contributed by atoms with Crippen LogP contribution in [0.5, 0.6) is 0 Å². The maximum Gasteiger partial charge on any atom is 0.246 e. The van der Waals surface area contributed by atoms with Gasteiger partial charge in [0.25, 0.3) is 0 Å². The van der Waals surface area contributed by atoms with Gasteiger partial charge in [0.15, 0.2) is 5.69 Å². The highest BCUT2D eigenvalue weighted by molar-refractivity contribution is 6.30. The molecule has 1 heterocycles. The van der Waals surface area contributed by atoms with Gasteiger partial charge in [-0.3, -0.25) is 4.79 Å². The zero-order chi connectivity index (χ0) is 13.8. The Labute approximate surface area is 114 Å². The molecular weight excluding hydrogens is 266 g/mol. The highest BCUT2D eigenvalue weighted by atomic mass is 35.5. The summed E-state index contributed by atoms with van der Waals surface area (Å²) in [5, 5.41) is 19.4. The standard InChI is InChI=1S/C12H10ClN5O/c1-8-11(6-14)16-17-18(8)7-12(19)15-10-4-2-3-9(13)5-10/h2-5H,7H2,1H3,(H,15,19). The Bertz CT molecular complexity index is 658. The Balaban J connectivity index is 2.06. The lowest BCUT2D eigenvalue weighted by Crippen LogP contribution is -2.20.